The lowest BCUT2D eigenvalue weighted by atomic mass is 9.64. The van der Waals surface area contributed by atoms with Crippen LogP contribution in [0.4, 0.5) is 5.82 Å². The highest BCUT2D eigenvalue weighted by atomic mass is 32.1. The molecular weight excluding hydrogens is 1470 g/mol. The number of ketones is 7. The van der Waals surface area contributed by atoms with Crippen LogP contribution in [0.3, 0.4) is 0 Å². The third-order valence-corrected chi connectivity index (χ3v) is 20.5. The standard InChI is InChI=1S/C17H18BNO4S.C16H22BNO4.C13H18BNO3.C12H17BN2O3.C10H19BN2O4.C9H17BO4/c1-11(20)8-15-13-4-2-3-5-14(13)17(18(22)23-15)19-16(21)9-12-6-7-24-10-12;1-11(19)9-14-8-7-13(17(21)22-14)10-15(20)16(18)12-5-3-2-4-6-12;1-10(16)8-13-6-5-11(14(17)18-13)9-12-4-2-3-7-15-12;1-9(16)8-10-5-6-11(13(17)18-10)15-12-4-2-3-7-14-12;1-7(14)6-8-2-3-9(11(16)17-8)13-10(15)4-5-12;1-6(11)5-8-3-4-9(7(2)12)10(13)14-8/h2-7,10,15,17,22H,8-9H2,1H3,(H,19,21);2-6,13-14,16,21H,7-10,18H2,1H3;2-4,7,11,13,17H,5-6,8-9H2,1H3;2-4,7,10-11,17H,5-6,8H2,1H3,(H,14,15);8-9,16H,2-6,12H2,1H3,(H,13,15);7-9,12-13H,3-5H2,1-2H3/t15-,17+;13-,14+,16+;11-,13+;10-,11-;8-,9-;7-,8+,9+/m111001/s1. The highest BCUT2D eigenvalue weighted by Gasteiger charge is 2.43. The van der Waals surface area contributed by atoms with Crippen LogP contribution in [0.1, 0.15) is 210 Å². The molecule has 610 valence electrons. The number of nitrogens with zero attached hydrogens (tertiary/aromatic N) is 2. The summed E-state index contributed by atoms with van der Waals surface area (Å²) in [7, 11) is -5.86. The van der Waals surface area contributed by atoms with E-state index in [9.17, 15) is 78.4 Å². The maximum absolute atomic E-state index is 12.3. The van der Waals surface area contributed by atoms with Crippen molar-refractivity contribution in [2.45, 2.75) is 261 Å². The minimum Gasteiger partial charge on any atom is -0.427 e. The molecule has 5 saturated heterocycles. The van der Waals surface area contributed by atoms with E-state index in [0.29, 0.717) is 64.2 Å². The summed E-state index contributed by atoms with van der Waals surface area (Å²) in [5, 5.41) is 81.2. The fourth-order valence-electron chi connectivity index (χ4n) is 14.0. The van der Waals surface area contributed by atoms with Crippen LogP contribution in [0.15, 0.2) is 120 Å². The Kier molecular flexibility index (Phi) is 41.4. The Morgan fingerprint density at radius 3 is 1.44 bits per heavy atom. The zero-order chi connectivity index (χ0) is 82.7. The smallest absolute Gasteiger partial charge is 0.427 e. The second kappa shape index (κ2) is 49.5. The van der Waals surface area contributed by atoms with Crippen LogP contribution in [0.2, 0.25) is 17.5 Å². The molecule has 5 fully saturated rings. The SMILES string of the molecule is CC(=O)C[C@@H]1CC[C@@H]([C@@H](C)O)B(O)O1.CC(=O)C[C@@H]1CC[C@H](CC(=O)[C@@H](N)c2ccccc2)B(O)O1.CC(=O)C[C@@H]1CC[C@H](Cc2ccccn2)B(O)O1.CC(=O)C[C@@H]1CC[C@H](NC(=O)CCN)B(O)O1.CC(=O)C[C@@H]1CC[C@H](Nc2ccccn2)B(O)O1.CC(=O)C[C@H]1OB(O)[C@@H](NC(=O)Cc2ccsc2)c2ccccc21. The molecule has 36 heteroatoms. The Hall–Kier alpha value is -7.34. The molecule has 11 rings (SSSR count). The Morgan fingerprint density at radius 2 is 0.973 bits per heavy atom. The zero-order valence-corrected chi connectivity index (χ0v) is 66.5. The first-order chi connectivity index (χ1) is 53.8. The maximum Gasteiger partial charge on any atom is 0.483 e. The number of nitrogens with two attached hydrogens (primary N) is 2. The number of nitrogens with one attached hydrogen (secondary N) is 3. The van der Waals surface area contributed by atoms with Crippen LogP contribution in [-0.4, -0.2) is 195 Å². The second-order valence-electron chi connectivity index (χ2n) is 29.8. The Morgan fingerprint density at radius 1 is 0.496 bits per heavy atom. The lowest BCUT2D eigenvalue weighted by Crippen LogP contribution is -2.53. The number of aromatic nitrogens is 2. The lowest BCUT2D eigenvalue weighted by molar-refractivity contribution is -0.122. The molecule has 2 aromatic carbocycles. The summed E-state index contributed by atoms with van der Waals surface area (Å²) in [4.78, 5) is 111. The van der Waals surface area contributed by atoms with Crippen LogP contribution in [0, 0.1) is 0 Å². The average Bonchev–Trinajstić information content (AvgIpc) is 0.786. The minimum absolute atomic E-state index is 0.0121. The fourth-order valence-corrected chi connectivity index (χ4v) is 14.7. The first kappa shape index (κ1) is 94.5. The second-order valence-corrected chi connectivity index (χ2v) is 30.5. The molecule has 0 bridgehead atoms. The summed E-state index contributed by atoms with van der Waals surface area (Å²) in [5.41, 5.74) is 15.5. The van der Waals surface area contributed by atoms with Crippen LogP contribution in [0.25, 0.3) is 0 Å². The van der Waals surface area contributed by atoms with Gasteiger partial charge in [0.05, 0.1) is 42.5 Å². The first-order valence-corrected chi connectivity index (χ1v) is 39.7. The molecule has 29 nitrogen and oxygen atoms in total. The van der Waals surface area contributed by atoms with E-state index in [-0.39, 0.29) is 138 Å². The van der Waals surface area contributed by atoms with Crippen molar-refractivity contribution in [3.8, 4) is 0 Å². The number of pyridine rings is 2. The highest BCUT2D eigenvalue weighted by molar-refractivity contribution is 7.08. The van der Waals surface area contributed by atoms with E-state index in [2.05, 4.69) is 25.9 Å². The summed E-state index contributed by atoms with van der Waals surface area (Å²) < 4.78 is 32.5. The number of hydrogen-bond donors (Lipinski definition) is 12. The van der Waals surface area contributed by atoms with Gasteiger partial charge in [0.2, 0.25) is 11.8 Å². The molecule has 2 amide bonds. The predicted molar refractivity (Wildman–Crippen MR) is 430 cm³/mol. The van der Waals surface area contributed by atoms with Gasteiger partial charge < -0.3 is 90.6 Å². The van der Waals surface area contributed by atoms with Gasteiger partial charge in [-0.05, 0) is 188 Å². The largest absolute Gasteiger partial charge is 0.483 e. The van der Waals surface area contributed by atoms with Crippen molar-refractivity contribution in [2.24, 2.45) is 11.5 Å². The number of Topliss-reactive ketones (excluding diaryl/α,β-unsaturated/α-hetero) is 7. The maximum atomic E-state index is 12.3. The molecule has 0 spiro atoms. The van der Waals surface area contributed by atoms with E-state index in [1.807, 2.05) is 108 Å². The number of carbonyl (C=O) groups excluding carboxylic acids is 9. The number of carbonyl (C=O) groups is 9. The van der Waals surface area contributed by atoms with Gasteiger partial charge in [-0.1, -0.05) is 66.7 Å². The van der Waals surface area contributed by atoms with Crippen molar-refractivity contribution in [2.75, 3.05) is 11.9 Å². The van der Waals surface area contributed by atoms with Crippen molar-refractivity contribution in [1.29, 1.82) is 0 Å². The molecule has 14 N–H and O–H groups in total. The molecule has 6 aliphatic rings. The number of aliphatic hydroxyl groups excluding tert-OH is 1. The zero-order valence-electron chi connectivity index (χ0n) is 65.7. The molecule has 6 aliphatic heterocycles. The Balaban J connectivity index is 0.000000213. The van der Waals surface area contributed by atoms with Crippen molar-refractivity contribution < 1.29 is 106 Å². The summed E-state index contributed by atoms with van der Waals surface area (Å²) in [6.07, 6.45) is 12.0. The van der Waals surface area contributed by atoms with Crippen LogP contribution in [0.5, 0.6) is 0 Å². The van der Waals surface area contributed by atoms with Gasteiger partial charge >= 0.3 is 42.7 Å². The Bertz CT molecular complexity index is 3670. The molecular formula is C77H111B6N7O22S. The number of hydrogen-bond acceptors (Lipinski definition) is 28. The Labute approximate surface area is 668 Å². The van der Waals surface area contributed by atoms with Gasteiger partial charge in [0.25, 0.3) is 0 Å². The number of anilines is 1. The van der Waals surface area contributed by atoms with Crippen LogP contribution in [-0.2, 0) is 83.9 Å². The van der Waals surface area contributed by atoms with E-state index >= 15 is 0 Å². The van der Waals surface area contributed by atoms with Crippen molar-refractivity contribution in [3.05, 3.63) is 148 Å². The summed E-state index contributed by atoms with van der Waals surface area (Å²) in [6, 6.07) is 29.2. The lowest BCUT2D eigenvalue weighted by Gasteiger charge is -2.33. The van der Waals surface area contributed by atoms with E-state index < -0.39 is 72.8 Å². The molecule has 9 heterocycles. The van der Waals surface area contributed by atoms with Gasteiger partial charge in [0, 0.05) is 118 Å². The van der Waals surface area contributed by atoms with Gasteiger partial charge in [-0.25, -0.2) is 4.98 Å². The van der Waals surface area contributed by atoms with E-state index in [4.69, 9.17) is 39.4 Å². The first-order valence-electron chi connectivity index (χ1n) is 38.8. The van der Waals surface area contributed by atoms with Crippen molar-refractivity contribution >= 4 is 112 Å². The predicted octanol–water partition coefficient (Wildman–Crippen LogP) is 5.92. The number of amides is 2. The monoisotopic (exact) mass is 1580 g/mol. The van der Waals surface area contributed by atoms with Gasteiger partial charge in [0.15, 0.2) is 5.78 Å². The number of fused-ring (bicyclic) bond motifs is 1. The molecule has 0 radical (unpaired) electrons. The molecule has 5 aromatic rings. The fraction of sp³-hybridized carbons (Fsp3) is 0.545. The molecule has 14 atom stereocenters. The van der Waals surface area contributed by atoms with Gasteiger partial charge in [0.1, 0.15) is 40.5 Å². The highest BCUT2D eigenvalue weighted by Crippen LogP contribution is 2.38. The van der Waals surface area contributed by atoms with E-state index in [1.54, 1.807) is 26.2 Å². The van der Waals surface area contributed by atoms with Gasteiger partial charge in [-0.2, -0.15) is 11.3 Å². The van der Waals surface area contributed by atoms with Crippen molar-refractivity contribution in [3.63, 3.8) is 0 Å². The molecule has 3 aromatic heterocycles. The topological polar surface area (TPSA) is 465 Å². The van der Waals surface area contributed by atoms with Crippen LogP contribution >= 0.6 is 11.3 Å². The summed E-state index contributed by atoms with van der Waals surface area (Å²) in [6.45, 7) is 11.0. The van der Waals surface area contributed by atoms with Gasteiger partial charge in [-0.3, -0.25) is 48.1 Å². The molecule has 0 unspecified atom stereocenters. The normalized spacial score (nSPS) is 23.7. The average molecular weight is 1580 g/mol. The van der Waals surface area contributed by atoms with Crippen molar-refractivity contribution in [1.82, 2.24) is 20.6 Å². The quantitative estimate of drug-likeness (QED) is 0.0271. The minimum atomic E-state index is -1.18. The molecule has 0 aliphatic carbocycles. The molecule has 113 heavy (non-hydrogen) atoms. The third kappa shape index (κ3) is 34.6. The number of aliphatic hydroxyl groups is 1. The van der Waals surface area contributed by atoms with E-state index in [0.717, 1.165) is 72.3 Å². The third-order valence-electron chi connectivity index (χ3n) is 19.7. The van der Waals surface area contributed by atoms with Crippen LogP contribution < -0.4 is 27.4 Å². The number of rotatable bonds is 27. The number of thiophene rings is 1. The summed E-state index contributed by atoms with van der Waals surface area (Å²) >= 11 is 1.54. The summed E-state index contributed by atoms with van der Waals surface area (Å²) in [5.74, 6) is -1.07. The molecule has 0 saturated carbocycles. The van der Waals surface area contributed by atoms with Gasteiger partial charge in [-0.15, -0.1) is 0 Å². The van der Waals surface area contributed by atoms with E-state index in [1.165, 1.54) is 46.0 Å². The number of benzene rings is 2.